The normalized spacial score (nSPS) is 29.5. The van der Waals surface area contributed by atoms with Crippen LogP contribution in [-0.4, -0.2) is 50.4 Å². The van der Waals surface area contributed by atoms with E-state index in [0.29, 0.717) is 41.4 Å². The lowest BCUT2D eigenvalue weighted by atomic mass is 9.52. The van der Waals surface area contributed by atoms with Gasteiger partial charge in [-0.1, -0.05) is 56.3 Å². The molecule has 0 radical (unpaired) electrons. The number of aliphatic hydroxyl groups is 1. The van der Waals surface area contributed by atoms with Crippen molar-refractivity contribution in [2.24, 2.45) is 23.2 Å². The quantitative estimate of drug-likeness (QED) is 0.115. The smallest absolute Gasteiger partial charge is 0.453 e. The average Bonchev–Trinajstić information content (AvgIpc) is 3.24. The number of carboxylic acid groups (broad SMARTS) is 1. The predicted octanol–water partition coefficient (Wildman–Crippen LogP) is 8.68. The van der Waals surface area contributed by atoms with Crippen molar-refractivity contribution in [2.75, 3.05) is 11.5 Å². The number of aromatic carboxylic acids is 1. The van der Waals surface area contributed by atoms with E-state index >= 15 is 0 Å². The highest BCUT2D eigenvalue weighted by Crippen LogP contribution is 2.62. The van der Waals surface area contributed by atoms with Gasteiger partial charge < -0.3 is 14.8 Å². The van der Waals surface area contributed by atoms with Crippen LogP contribution in [0, 0.1) is 23.2 Å². The summed E-state index contributed by atoms with van der Waals surface area (Å²) in [5.74, 6) is -3.51. The van der Waals surface area contributed by atoms with Gasteiger partial charge in [-0.25, -0.2) is 4.79 Å². The van der Waals surface area contributed by atoms with Crippen LogP contribution in [0.2, 0.25) is 0 Å². The van der Waals surface area contributed by atoms with Gasteiger partial charge in [0.15, 0.2) is 0 Å². The fourth-order valence-corrected chi connectivity index (χ4v) is 9.63. The summed E-state index contributed by atoms with van der Waals surface area (Å²) < 4.78 is 74.6. The third-order valence-corrected chi connectivity index (χ3v) is 12.3. The molecule has 4 nitrogen and oxygen atoms in total. The Morgan fingerprint density at radius 2 is 1.63 bits per heavy atom. The Bertz CT molecular complexity index is 1080. The van der Waals surface area contributed by atoms with Crippen LogP contribution in [0.25, 0.3) is 0 Å². The highest BCUT2D eigenvalue weighted by atomic mass is 32.2. The molecule has 0 spiro atoms. The summed E-state index contributed by atoms with van der Waals surface area (Å²) in [6, 6.07) is 5.67. The molecule has 244 valence electrons. The maximum Gasteiger partial charge on any atom is 0.453 e. The van der Waals surface area contributed by atoms with E-state index in [1.54, 1.807) is 6.07 Å². The Balaban J connectivity index is 1.19. The summed E-state index contributed by atoms with van der Waals surface area (Å²) in [4.78, 5) is 11.7. The molecule has 0 aromatic heterocycles. The zero-order valence-corrected chi connectivity index (χ0v) is 26.0. The molecule has 2 fully saturated rings. The Morgan fingerprint density at radius 1 is 0.977 bits per heavy atom. The molecule has 2 N–H and O–H groups in total. The predicted molar refractivity (Wildman–Crippen MR) is 158 cm³/mol. The lowest BCUT2D eigenvalue weighted by molar-refractivity contribution is -0.284. The zero-order chi connectivity index (χ0) is 31.4. The Labute approximate surface area is 255 Å². The standard InChI is InChI=1S/C33H47F5O4S/c1-31-17-15-26-25-12-11-23(30(40)41)21-24(25)20-22(29(26)27(31)13-14-28(31)39)10-7-5-3-2-4-6-8-18-43(42)19-9-16-32(34,35)33(36,37)38/h11-12,21-22,26-29,39H,2-10,13-20H2,1H3,(H,40,41)/t22-,26-,27+,28+,29-,31+,43?/m1/s1. The fraction of sp³-hybridized carbons (Fsp3) is 0.788. The molecule has 0 amide bonds. The largest absolute Gasteiger partial charge is 0.616 e. The topological polar surface area (TPSA) is 80.6 Å². The van der Waals surface area contributed by atoms with Crippen molar-refractivity contribution in [3.8, 4) is 0 Å². The maximum absolute atomic E-state index is 13.0. The van der Waals surface area contributed by atoms with E-state index < -0.39 is 42.1 Å². The van der Waals surface area contributed by atoms with Crippen molar-refractivity contribution >= 4 is 17.1 Å². The van der Waals surface area contributed by atoms with Crippen molar-refractivity contribution in [1.29, 1.82) is 0 Å². The Kier molecular flexibility index (Phi) is 11.5. The number of rotatable bonds is 15. The van der Waals surface area contributed by atoms with Crippen molar-refractivity contribution < 1.29 is 41.5 Å². The van der Waals surface area contributed by atoms with Gasteiger partial charge in [0, 0.05) is 6.42 Å². The SMILES string of the molecule is C[C@]12CC[C@@H]3c4ccc(C(=O)O)cc4C[C@@H](CCCCCCCCC[S+]([O-])CCCC(F)(F)C(F)(F)F)[C@H]3[C@@H]1CC[C@@H]2O. The van der Waals surface area contributed by atoms with Crippen LogP contribution in [0.4, 0.5) is 22.0 Å². The molecule has 10 heteroatoms. The van der Waals surface area contributed by atoms with Crippen molar-refractivity contribution in [3.63, 3.8) is 0 Å². The van der Waals surface area contributed by atoms with Gasteiger partial charge in [0.05, 0.1) is 11.7 Å². The fourth-order valence-electron chi connectivity index (χ4n) is 8.43. The van der Waals surface area contributed by atoms with E-state index in [0.717, 1.165) is 77.0 Å². The van der Waals surface area contributed by atoms with Crippen LogP contribution in [0.15, 0.2) is 18.2 Å². The van der Waals surface area contributed by atoms with Crippen LogP contribution in [0.5, 0.6) is 0 Å². The second-order valence-corrected chi connectivity index (χ2v) is 15.2. The molecule has 1 aromatic carbocycles. The van der Waals surface area contributed by atoms with Crippen LogP contribution in [0.1, 0.15) is 124 Å². The number of benzene rings is 1. The number of hydrogen-bond donors (Lipinski definition) is 2. The van der Waals surface area contributed by atoms with E-state index in [-0.39, 0.29) is 17.3 Å². The Morgan fingerprint density at radius 3 is 2.30 bits per heavy atom. The molecule has 0 saturated heterocycles. The first kappa shape index (κ1) is 34.5. The van der Waals surface area contributed by atoms with Crippen LogP contribution in [0.3, 0.4) is 0 Å². The minimum Gasteiger partial charge on any atom is -0.616 e. The molecule has 2 saturated carbocycles. The summed E-state index contributed by atoms with van der Waals surface area (Å²) in [5.41, 5.74) is 2.81. The van der Waals surface area contributed by atoms with Crippen LogP contribution < -0.4 is 0 Å². The monoisotopic (exact) mass is 634 g/mol. The maximum atomic E-state index is 13.0. The van der Waals surface area contributed by atoms with Gasteiger partial charge in [0.25, 0.3) is 0 Å². The number of halogens is 5. The molecule has 4 rings (SSSR count). The first-order chi connectivity index (χ1) is 20.2. The van der Waals surface area contributed by atoms with Gasteiger partial charge >= 0.3 is 18.1 Å². The third-order valence-electron chi connectivity index (χ3n) is 10.8. The number of fused-ring (bicyclic) bond motifs is 5. The molecule has 0 bridgehead atoms. The average molecular weight is 635 g/mol. The van der Waals surface area contributed by atoms with E-state index in [9.17, 15) is 41.5 Å². The molecular formula is C33H47F5O4S. The molecule has 43 heavy (non-hydrogen) atoms. The second kappa shape index (κ2) is 14.4. The Hall–Kier alpha value is -1.39. The molecule has 7 atom stereocenters. The zero-order valence-electron chi connectivity index (χ0n) is 25.1. The number of aliphatic hydroxyl groups excluding tert-OH is 1. The van der Waals surface area contributed by atoms with E-state index in [1.165, 1.54) is 11.1 Å². The summed E-state index contributed by atoms with van der Waals surface area (Å²) in [5, 5.41) is 20.4. The van der Waals surface area contributed by atoms with E-state index in [4.69, 9.17) is 0 Å². The summed E-state index contributed by atoms with van der Waals surface area (Å²) in [6.07, 6.45) is 5.26. The van der Waals surface area contributed by atoms with Crippen LogP contribution >= 0.6 is 0 Å². The van der Waals surface area contributed by atoms with Gasteiger partial charge in [0.2, 0.25) is 0 Å². The van der Waals surface area contributed by atoms with Crippen molar-refractivity contribution in [2.45, 2.75) is 127 Å². The van der Waals surface area contributed by atoms with E-state index in [1.807, 2.05) is 12.1 Å². The lowest BCUT2D eigenvalue weighted by Gasteiger charge is -2.53. The van der Waals surface area contributed by atoms with Crippen molar-refractivity contribution in [1.82, 2.24) is 0 Å². The minimum atomic E-state index is -5.55. The number of carbonyl (C=O) groups is 1. The molecular weight excluding hydrogens is 587 g/mol. The van der Waals surface area contributed by atoms with Gasteiger partial charge in [-0.3, -0.25) is 0 Å². The van der Waals surface area contributed by atoms with Crippen LogP contribution in [-0.2, 0) is 17.6 Å². The van der Waals surface area contributed by atoms with Gasteiger partial charge in [-0.05, 0) is 110 Å². The first-order valence-electron chi connectivity index (χ1n) is 16.1. The second-order valence-electron chi connectivity index (χ2n) is 13.5. The number of alkyl halides is 5. The number of unbranched alkanes of at least 4 members (excludes halogenated alkanes) is 6. The molecule has 1 aromatic rings. The molecule has 3 aliphatic rings. The third kappa shape index (κ3) is 8.07. The van der Waals surface area contributed by atoms with Crippen molar-refractivity contribution in [3.05, 3.63) is 34.9 Å². The molecule has 0 aliphatic heterocycles. The number of hydrogen-bond acceptors (Lipinski definition) is 3. The summed E-state index contributed by atoms with van der Waals surface area (Å²) >= 11 is -1.37. The highest BCUT2D eigenvalue weighted by Gasteiger charge is 2.57. The van der Waals surface area contributed by atoms with Gasteiger partial charge in [-0.2, -0.15) is 22.0 Å². The lowest BCUT2D eigenvalue weighted by Crippen LogP contribution is -2.47. The number of carboxylic acids is 1. The summed E-state index contributed by atoms with van der Waals surface area (Å²) in [6.45, 7) is 2.27. The highest BCUT2D eigenvalue weighted by molar-refractivity contribution is 7.91. The first-order valence-corrected chi connectivity index (χ1v) is 17.6. The molecule has 0 heterocycles. The van der Waals surface area contributed by atoms with E-state index in [2.05, 4.69) is 6.92 Å². The van der Waals surface area contributed by atoms with Gasteiger partial charge in [-0.15, -0.1) is 0 Å². The molecule has 3 aliphatic carbocycles. The summed E-state index contributed by atoms with van der Waals surface area (Å²) in [7, 11) is 0. The van der Waals surface area contributed by atoms with Gasteiger partial charge in [0.1, 0.15) is 11.5 Å². The minimum absolute atomic E-state index is 0.0320. The molecule has 1 unspecified atom stereocenters.